The van der Waals surface area contributed by atoms with Gasteiger partial charge in [-0.05, 0) is 31.5 Å². The number of halogens is 2. The van der Waals surface area contributed by atoms with E-state index >= 15 is 0 Å². The molecule has 0 aliphatic heterocycles. The van der Waals surface area contributed by atoms with Gasteiger partial charge < -0.3 is 5.32 Å². The van der Waals surface area contributed by atoms with Crippen LogP contribution in [0.4, 0.5) is 14.5 Å². The van der Waals surface area contributed by atoms with Gasteiger partial charge in [0, 0.05) is 16.6 Å². The van der Waals surface area contributed by atoms with Crippen molar-refractivity contribution in [1.29, 1.82) is 0 Å². The maximum absolute atomic E-state index is 13.5. The molecule has 2 aromatic heterocycles. The molecule has 1 N–H and O–H groups in total. The normalized spacial score (nSPS) is 11.1. The lowest BCUT2D eigenvalue weighted by molar-refractivity contribution is 0.102. The van der Waals surface area contributed by atoms with Crippen molar-refractivity contribution < 1.29 is 13.6 Å². The lowest BCUT2D eigenvalue weighted by atomic mass is 10.1. The van der Waals surface area contributed by atoms with Crippen molar-refractivity contribution in [2.45, 2.75) is 20.4 Å². The molecule has 0 unspecified atom stereocenters. The van der Waals surface area contributed by atoms with Crippen molar-refractivity contribution in [2.24, 2.45) is 0 Å². The number of hydrogen-bond donors (Lipinski definition) is 1. The monoisotopic (exact) mass is 425 g/mol. The van der Waals surface area contributed by atoms with Crippen molar-refractivity contribution in [3.05, 3.63) is 92.3 Å². The molecule has 0 fully saturated rings. The van der Waals surface area contributed by atoms with E-state index < -0.39 is 17.5 Å². The number of aryl methyl sites for hydroxylation is 2. The number of amides is 1. The first-order valence-electron chi connectivity index (χ1n) is 9.14. The van der Waals surface area contributed by atoms with Gasteiger partial charge in [-0.1, -0.05) is 29.8 Å². The van der Waals surface area contributed by atoms with Crippen LogP contribution >= 0.6 is 11.3 Å². The Kier molecular flexibility index (Phi) is 5.17. The van der Waals surface area contributed by atoms with Crippen LogP contribution in [0.15, 0.2) is 53.6 Å². The highest BCUT2D eigenvalue weighted by molar-refractivity contribution is 7.19. The molecule has 152 valence electrons. The summed E-state index contributed by atoms with van der Waals surface area (Å²) in [5.41, 5.74) is 2.00. The quantitative estimate of drug-likeness (QED) is 0.518. The third-order valence-corrected chi connectivity index (χ3v) is 5.75. The Bertz CT molecular complexity index is 1330. The zero-order valence-electron chi connectivity index (χ0n) is 16.2. The van der Waals surface area contributed by atoms with E-state index in [1.54, 1.807) is 6.92 Å². The number of hydrogen-bond acceptors (Lipinski definition) is 4. The highest BCUT2D eigenvalue weighted by Gasteiger charge is 2.21. The number of benzene rings is 2. The van der Waals surface area contributed by atoms with E-state index in [2.05, 4.69) is 10.3 Å². The molecule has 5 nitrogen and oxygen atoms in total. The molecule has 4 rings (SSSR count). The zero-order chi connectivity index (χ0) is 21.4. The topological polar surface area (TPSA) is 64.0 Å². The standard InChI is InChI=1S/C22H17F2N3O2S/c1-12-3-5-14(6-4-12)10-27-11-25-21-19(22(27)29)18(13(2)30-21)20(28)26-15-7-8-16(23)17(24)9-15/h3-9,11H,10H2,1-2H3,(H,26,28). The molecule has 0 atom stereocenters. The summed E-state index contributed by atoms with van der Waals surface area (Å²) in [7, 11) is 0. The van der Waals surface area contributed by atoms with Gasteiger partial charge >= 0.3 is 0 Å². The van der Waals surface area contributed by atoms with Gasteiger partial charge in [0.05, 0.1) is 23.8 Å². The average molecular weight is 425 g/mol. The lowest BCUT2D eigenvalue weighted by Gasteiger charge is -2.08. The SMILES string of the molecule is Cc1ccc(Cn2cnc3sc(C)c(C(=O)Nc4ccc(F)c(F)c4)c3c2=O)cc1. The summed E-state index contributed by atoms with van der Waals surface area (Å²) in [6.07, 6.45) is 1.47. The van der Waals surface area contributed by atoms with Crippen molar-refractivity contribution in [3.63, 3.8) is 0 Å². The fraction of sp³-hybridized carbons (Fsp3) is 0.136. The smallest absolute Gasteiger partial charge is 0.263 e. The van der Waals surface area contributed by atoms with Crippen LogP contribution in [0.2, 0.25) is 0 Å². The van der Waals surface area contributed by atoms with Gasteiger partial charge in [-0.2, -0.15) is 0 Å². The highest BCUT2D eigenvalue weighted by atomic mass is 32.1. The first-order chi connectivity index (χ1) is 14.3. The van der Waals surface area contributed by atoms with Gasteiger partial charge in [-0.3, -0.25) is 14.2 Å². The Morgan fingerprint density at radius 1 is 1.10 bits per heavy atom. The van der Waals surface area contributed by atoms with E-state index in [1.807, 2.05) is 31.2 Å². The largest absolute Gasteiger partial charge is 0.322 e. The lowest BCUT2D eigenvalue weighted by Crippen LogP contribution is -2.23. The Morgan fingerprint density at radius 3 is 2.53 bits per heavy atom. The number of nitrogens with one attached hydrogen (secondary N) is 1. The minimum Gasteiger partial charge on any atom is -0.322 e. The number of anilines is 1. The fourth-order valence-corrected chi connectivity index (χ4v) is 4.16. The molecule has 4 aromatic rings. The molecule has 2 aromatic carbocycles. The molecule has 0 saturated heterocycles. The van der Waals surface area contributed by atoms with Gasteiger partial charge in [0.1, 0.15) is 4.83 Å². The number of carbonyl (C=O) groups excluding carboxylic acids is 1. The number of nitrogens with zero attached hydrogens (tertiary/aromatic N) is 2. The van der Waals surface area contributed by atoms with Crippen LogP contribution < -0.4 is 10.9 Å². The minimum absolute atomic E-state index is 0.0986. The van der Waals surface area contributed by atoms with Crippen molar-refractivity contribution in [3.8, 4) is 0 Å². The number of aromatic nitrogens is 2. The van der Waals surface area contributed by atoms with Crippen molar-refractivity contribution >= 4 is 33.1 Å². The third kappa shape index (κ3) is 3.73. The Morgan fingerprint density at radius 2 is 1.83 bits per heavy atom. The summed E-state index contributed by atoms with van der Waals surface area (Å²) in [6.45, 7) is 4.02. The number of rotatable bonds is 4. The molecule has 0 spiro atoms. The summed E-state index contributed by atoms with van der Waals surface area (Å²) in [5, 5.41) is 2.75. The first kappa shape index (κ1) is 19.9. The molecule has 2 heterocycles. The first-order valence-corrected chi connectivity index (χ1v) is 9.95. The summed E-state index contributed by atoms with van der Waals surface area (Å²) in [5.74, 6) is -2.65. The maximum Gasteiger partial charge on any atom is 0.263 e. The van der Waals surface area contributed by atoms with Crippen molar-refractivity contribution in [1.82, 2.24) is 9.55 Å². The molecule has 1 amide bonds. The minimum atomic E-state index is -1.07. The van der Waals surface area contributed by atoms with E-state index in [0.717, 1.165) is 23.3 Å². The zero-order valence-corrected chi connectivity index (χ0v) is 17.0. The van der Waals surface area contributed by atoms with E-state index in [-0.39, 0.29) is 22.2 Å². The summed E-state index contributed by atoms with van der Waals surface area (Å²) in [6, 6.07) is 10.9. The van der Waals surface area contributed by atoms with E-state index in [9.17, 15) is 18.4 Å². The van der Waals surface area contributed by atoms with E-state index in [4.69, 9.17) is 0 Å². The maximum atomic E-state index is 13.5. The molecular formula is C22H17F2N3O2S. The summed E-state index contributed by atoms with van der Waals surface area (Å²) >= 11 is 1.24. The van der Waals surface area contributed by atoms with Gasteiger partial charge in [-0.15, -0.1) is 11.3 Å². The number of carbonyl (C=O) groups is 1. The predicted molar refractivity (Wildman–Crippen MR) is 113 cm³/mol. The number of thiophene rings is 1. The average Bonchev–Trinajstić information content (AvgIpc) is 3.05. The van der Waals surface area contributed by atoms with E-state index in [0.29, 0.717) is 16.3 Å². The second-order valence-electron chi connectivity index (χ2n) is 6.96. The summed E-state index contributed by atoms with van der Waals surface area (Å²) in [4.78, 5) is 31.4. The fourth-order valence-electron chi connectivity index (χ4n) is 3.18. The van der Waals surface area contributed by atoms with Crippen LogP contribution in [-0.4, -0.2) is 15.5 Å². The Balaban J connectivity index is 1.73. The Hall–Kier alpha value is -3.39. The number of fused-ring (bicyclic) bond motifs is 1. The van der Waals surface area contributed by atoms with Crippen molar-refractivity contribution in [2.75, 3.05) is 5.32 Å². The predicted octanol–water partition coefficient (Wildman–Crippen LogP) is 4.65. The van der Waals surface area contributed by atoms with Crippen LogP contribution in [0.5, 0.6) is 0 Å². The summed E-state index contributed by atoms with van der Waals surface area (Å²) < 4.78 is 28.1. The molecular weight excluding hydrogens is 408 g/mol. The molecule has 0 aliphatic carbocycles. The van der Waals surface area contributed by atoms with Crippen LogP contribution in [0, 0.1) is 25.5 Å². The van der Waals surface area contributed by atoms with Gasteiger partial charge in [0.2, 0.25) is 0 Å². The van der Waals surface area contributed by atoms with Gasteiger partial charge in [0.25, 0.3) is 11.5 Å². The van der Waals surface area contributed by atoms with Crippen LogP contribution in [0.3, 0.4) is 0 Å². The Labute approximate surface area is 174 Å². The highest BCUT2D eigenvalue weighted by Crippen LogP contribution is 2.28. The molecule has 0 bridgehead atoms. The van der Waals surface area contributed by atoms with Crippen LogP contribution in [-0.2, 0) is 6.54 Å². The molecule has 0 aliphatic rings. The second-order valence-corrected chi connectivity index (χ2v) is 8.16. The van der Waals surface area contributed by atoms with E-state index in [1.165, 1.54) is 28.3 Å². The molecule has 30 heavy (non-hydrogen) atoms. The molecule has 8 heteroatoms. The van der Waals surface area contributed by atoms with Gasteiger partial charge in [-0.25, -0.2) is 13.8 Å². The third-order valence-electron chi connectivity index (χ3n) is 4.73. The molecule has 0 radical (unpaired) electrons. The van der Waals surface area contributed by atoms with Crippen LogP contribution in [0.1, 0.15) is 26.4 Å². The van der Waals surface area contributed by atoms with Gasteiger partial charge in [0.15, 0.2) is 11.6 Å². The van der Waals surface area contributed by atoms with Crippen LogP contribution in [0.25, 0.3) is 10.2 Å². The second kappa shape index (κ2) is 7.79. The molecule has 0 saturated carbocycles.